The Hall–Kier alpha value is -3.61. The number of carbonyl (C=O) groups is 3. The molecule has 122 valence electrons. The predicted molar refractivity (Wildman–Crippen MR) is 86.1 cm³/mol. The van der Waals surface area contributed by atoms with Gasteiger partial charge in [-0.05, 0) is 42.0 Å². The van der Waals surface area contributed by atoms with Crippen LogP contribution in [0.1, 0.15) is 26.3 Å². The molecular weight excluding hydrogens is 314 g/mol. The minimum atomic E-state index is -1.30. The summed E-state index contributed by atoms with van der Waals surface area (Å²) in [6.07, 6.45) is 2.70. The topological polar surface area (TPSA) is 124 Å². The molecule has 0 aliphatic heterocycles. The Morgan fingerprint density at radius 2 is 1.42 bits per heavy atom. The SMILES string of the molecule is O=C(/C=C/c1ccc(O)cc1)Nc1cc(C(=O)O)cc(C(=O)O)c1. The average Bonchev–Trinajstić information content (AvgIpc) is 2.54. The van der Waals surface area contributed by atoms with E-state index in [2.05, 4.69) is 5.32 Å². The number of nitrogens with one attached hydrogen (secondary N) is 1. The molecule has 0 bridgehead atoms. The van der Waals surface area contributed by atoms with Gasteiger partial charge in [-0.3, -0.25) is 4.79 Å². The molecule has 2 aromatic carbocycles. The van der Waals surface area contributed by atoms with Gasteiger partial charge in [0, 0.05) is 11.8 Å². The first-order chi connectivity index (χ1) is 11.3. The fourth-order valence-corrected chi connectivity index (χ4v) is 1.89. The molecule has 0 heterocycles. The van der Waals surface area contributed by atoms with Crippen LogP contribution in [0.3, 0.4) is 0 Å². The van der Waals surface area contributed by atoms with Gasteiger partial charge in [-0.15, -0.1) is 0 Å². The summed E-state index contributed by atoms with van der Waals surface area (Å²) < 4.78 is 0. The number of carboxylic acids is 2. The second kappa shape index (κ2) is 7.10. The summed E-state index contributed by atoms with van der Waals surface area (Å²) in [5, 5.41) is 29.6. The highest BCUT2D eigenvalue weighted by Crippen LogP contribution is 2.16. The molecule has 0 unspecified atom stereocenters. The van der Waals surface area contributed by atoms with Crippen molar-refractivity contribution in [2.45, 2.75) is 0 Å². The second-order valence-electron chi connectivity index (χ2n) is 4.82. The minimum Gasteiger partial charge on any atom is -0.508 e. The Bertz CT molecular complexity index is 791. The number of aromatic hydroxyl groups is 1. The highest BCUT2D eigenvalue weighted by molar-refractivity contribution is 6.04. The zero-order chi connectivity index (χ0) is 17.7. The van der Waals surface area contributed by atoms with E-state index in [0.717, 1.165) is 6.07 Å². The molecule has 4 N–H and O–H groups in total. The Balaban J connectivity index is 2.17. The number of rotatable bonds is 5. The van der Waals surface area contributed by atoms with Gasteiger partial charge in [0.2, 0.25) is 5.91 Å². The third-order valence-electron chi connectivity index (χ3n) is 3.01. The maximum Gasteiger partial charge on any atom is 0.335 e. The van der Waals surface area contributed by atoms with E-state index < -0.39 is 17.8 Å². The van der Waals surface area contributed by atoms with E-state index in [0.29, 0.717) is 5.56 Å². The Morgan fingerprint density at radius 3 is 1.92 bits per heavy atom. The van der Waals surface area contributed by atoms with Gasteiger partial charge in [0.15, 0.2) is 0 Å². The third kappa shape index (κ3) is 4.44. The monoisotopic (exact) mass is 327 g/mol. The molecule has 2 aromatic rings. The molecule has 0 aliphatic carbocycles. The summed E-state index contributed by atoms with van der Waals surface area (Å²) >= 11 is 0. The molecule has 7 heteroatoms. The number of phenols is 1. The first-order valence-electron chi connectivity index (χ1n) is 6.75. The number of carbonyl (C=O) groups excluding carboxylic acids is 1. The predicted octanol–water partition coefficient (Wildman–Crippen LogP) is 2.44. The minimum absolute atomic E-state index is 0.0626. The maximum absolute atomic E-state index is 11.9. The number of hydrogen-bond acceptors (Lipinski definition) is 4. The largest absolute Gasteiger partial charge is 0.508 e. The van der Waals surface area contributed by atoms with Crippen LogP contribution in [0, 0.1) is 0 Å². The summed E-state index contributed by atoms with van der Waals surface area (Å²) in [4.78, 5) is 33.9. The zero-order valence-electron chi connectivity index (χ0n) is 12.3. The lowest BCUT2D eigenvalue weighted by Gasteiger charge is -2.06. The van der Waals surface area contributed by atoms with E-state index in [9.17, 15) is 19.5 Å². The Kier molecular flexibility index (Phi) is 4.96. The number of benzene rings is 2. The van der Waals surface area contributed by atoms with Crippen LogP contribution in [0.15, 0.2) is 48.5 Å². The fraction of sp³-hybridized carbons (Fsp3) is 0. The van der Waals surface area contributed by atoms with Crippen LogP contribution in [-0.2, 0) is 4.79 Å². The van der Waals surface area contributed by atoms with Crippen molar-refractivity contribution in [2.24, 2.45) is 0 Å². The van der Waals surface area contributed by atoms with Crippen LogP contribution < -0.4 is 5.32 Å². The summed E-state index contributed by atoms with van der Waals surface area (Å²) in [5.41, 5.74) is 0.251. The lowest BCUT2D eigenvalue weighted by Crippen LogP contribution is -2.10. The van der Waals surface area contributed by atoms with Gasteiger partial charge in [0.05, 0.1) is 11.1 Å². The van der Waals surface area contributed by atoms with E-state index >= 15 is 0 Å². The first kappa shape index (κ1) is 16.8. The van der Waals surface area contributed by atoms with Crippen LogP contribution in [-0.4, -0.2) is 33.2 Å². The standard InChI is InChI=1S/C17H13NO6/c19-14-4-1-10(2-5-14)3-6-15(20)18-13-8-11(16(21)22)7-12(9-13)17(23)24/h1-9,19H,(H,18,20)(H,21,22)(H,23,24)/b6-3+. The number of aromatic carboxylic acids is 2. The van der Waals surface area contributed by atoms with E-state index in [1.807, 2.05) is 0 Å². The summed E-state index contributed by atoms with van der Waals surface area (Å²) in [7, 11) is 0. The number of anilines is 1. The van der Waals surface area contributed by atoms with Crippen molar-refractivity contribution in [3.8, 4) is 5.75 Å². The van der Waals surface area contributed by atoms with Gasteiger partial charge in [0.25, 0.3) is 0 Å². The lowest BCUT2D eigenvalue weighted by molar-refractivity contribution is -0.111. The van der Waals surface area contributed by atoms with E-state index in [-0.39, 0.29) is 22.6 Å². The molecule has 0 saturated heterocycles. The van der Waals surface area contributed by atoms with Crippen molar-refractivity contribution >= 4 is 29.6 Å². The number of amides is 1. The molecule has 7 nitrogen and oxygen atoms in total. The van der Waals surface area contributed by atoms with Gasteiger partial charge < -0.3 is 20.6 Å². The van der Waals surface area contributed by atoms with Crippen LogP contribution >= 0.6 is 0 Å². The van der Waals surface area contributed by atoms with Gasteiger partial charge in [-0.2, -0.15) is 0 Å². The highest BCUT2D eigenvalue weighted by Gasteiger charge is 2.12. The molecule has 0 atom stereocenters. The van der Waals surface area contributed by atoms with Crippen molar-refractivity contribution < 1.29 is 29.7 Å². The van der Waals surface area contributed by atoms with Gasteiger partial charge in [0.1, 0.15) is 5.75 Å². The first-order valence-corrected chi connectivity index (χ1v) is 6.75. The van der Waals surface area contributed by atoms with Crippen molar-refractivity contribution in [3.05, 3.63) is 65.2 Å². The molecule has 0 aliphatic rings. The lowest BCUT2D eigenvalue weighted by atomic mass is 10.1. The molecular formula is C17H13NO6. The summed E-state index contributed by atoms with van der Waals surface area (Å²) in [6, 6.07) is 9.48. The van der Waals surface area contributed by atoms with E-state index in [1.165, 1.54) is 36.4 Å². The molecule has 0 saturated carbocycles. The number of hydrogen-bond donors (Lipinski definition) is 4. The number of carboxylic acid groups (broad SMARTS) is 2. The van der Waals surface area contributed by atoms with Crippen molar-refractivity contribution in [1.29, 1.82) is 0 Å². The second-order valence-corrected chi connectivity index (χ2v) is 4.82. The zero-order valence-corrected chi connectivity index (χ0v) is 12.3. The molecule has 0 radical (unpaired) electrons. The van der Waals surface area contributed by atoms with Gasteiger partial charge in [-0.25, -0.2) is 9.59 Å². The Morgan fingerprint density at radius 1 is 0.875 bits per heavy atom. The van der Waals surface area contributed by atoms with Crippen molar-refractivity contribution in [1.82, 2.24) is 0 Å². The highest BCUT2D eigenvalue weighted by atomic mass is 16.4. The molecule has 0 spiro atoms. The van der Waals surface area contributed by atoms with E-state index in [1.54, 1.807) is 12.1 Å². The maximum atomic E-state index is 11.9. The molecule has 24 heavy (non-hydrogen) atoms. The van der Waals surface area contributed by atoms with E-state index in [4.69, 9.17) is 10.2 Å². The van der Waals surface area contributed by atoms with Crippen molar-refractivity contribution in [3.63, 3.8) is 0 Å². The van der Waals surface area contributed by atoms with Gasteiger partial charge in [-0.1, -0.05) is 12.1 Å². The third-order valence-corrected chi connectivity index (χ3v) is 3.01. The number of phenolic OH excluding ortho intramolecular Hbond substituents is 1. The van der Waals surface area contributed by atoms with Crippen LogP contribution in [0.5, 0.6) is 5.75 Å². The smallest absolute Gasteiger partial charge is 0.335 e. The van der Waals surface area contributed by atoms with Crippen LogP contribution in [0.25, 0.3) is 6.08 Å². The summed E-state index contributed by atoms with van der Waals surface area (Å²) in [6.45, 7) is 0. The van der Waals surface area contributed by atoms with Crippen LogP contribution in [0.4, 0.5) is 5.69 Å². The quantitative estimate of drug-likeness (QED) is 0.625. The molecule has 0 aromatic heterocycles. The normalized spacial score (nSPS) is 10.5. The fourth-order valence-electron chi connectivity index (χ4n) is 1.89. The Labute approximate surface area is 136 Å². The van der Waals surface area contributed by atoms with Gasteiger partial charge >= 0.3 is 11.9 Å². The molecule has 2 rings (SSSR count). The molecule has 1 amide bonds. The van der Waals surface area contributed by atoms with Crippen molar-refractivity contribution in [2.75, 3.05) is 5.32 Å². The molecule has 0 fully saturated rings. The summed E-state index contributed by atoms with van der Waals surface area (Å²) in [5.74, 6) is -3.05. The van der Waals surface area contributed by atoms with Crippen LogP contribution in [0.2, 0.25) is 0 Å². The average molecular weight is 327 g/mol.